The lowest BCUT2D eigenvalue weighted by Gasteiger charge is -2.28. The lowest BCUT2D eigenvalue weighted by atomic mass is 10.2. The maximum atomic E-state index is 12.8. The summed E-state index contributed by atoms with van der Waals surface area (Å²) in [5.74, 6) is -0.606. The molecule has 0 radical (unpaired) electrons. The molecule has 0 aromatic heterocycles. The number of carbonyl (C=O) groups is 1. The Hall–Kier alpha value is -2.79. The van der Waals surface area contributed by atoms with E-state index in [4.69, 9.17) is 23.2 Å². The van der Waals surface area contributed by atoms with Crippen molar-refractivity contribution in [3.8, 4) is 0 Å². The molecule has 0 saturated heterocycles. The van der Waals surface area contributed by atoms with E-state index in [9.17, 15) is 21.6 Å². The van der Waals surface area contributed by atoms with Crippen molar-refractivity contribution in [2.24, 2.45) is 0 Å². The molecule has 0 saturated carbocycles. The van der Waals surface area contributed by atoms with Gasteiger partial charge in [-0.05, 0) is 67.6 Å². The van der Waals surface area contributed by atoms with Crippen LogP contribution in [0.1, 0.15) is 6.92 Å². The van der Waals surface area contributed by atoms with E-state index in [-0.39, 0.29) is 27.0 Å². The first-order valence-electron chi connectivity index (χ1n) is 9.82. The fraction of sp³-hybridized carbons (Fsp3) is 0.136. The molecule has 0 heterocycles. The molecule has 8 nitrogen and oxygen atoms in total. The predicted molar refractivity (Wildman–Crippen MR) is 136 cm³/mol. The number of amides is 1. The summed E-state index contributed by atoms with van der Waals surface area (Å²) >= 11 is 11.9. The van der Waals surface area contributed by atoms with Crippen LogP contribution in [0.3, 0.4) is 0 Å². The zero-order chi connectivity index (χ0) is 25.1. The van der Waals surface area contributed by atoms with E-state index in [1.165, 1.54) is 61.5 Å². The van der Waals surface area contributed by atoms with Gasteiger partial charge in [0.25, 0.3) is 10.0 Å². The van der Waals surface area contributed by atoms with Crippen LogP contribution in [0.15, 0.2) is 77.7 Å². The summed E-state index contributed by atoms with van der Waals surface area (Å²) in [6.45, 7) is 1.44. The van der Waals surface area contributed by atoms with E-state index in [0.717, 1.165) is 10.6 Å². The van der Waals surface area contributed by atoms with Crippen molar-refractivity contribution in [2.75, 3.05) is 20.6 Å². The normalized spacial score (nSPS) is 12.6. The second kappa shape index (κ2) is 10.2. The number of nitrogens with one attached hydrogen (secondary N) is 2. The van der Waals surface area contributed by atoms with Gasteiger partial charge in [-0.3, -0.25) is 13.8 Å². The Kier molecular flexibility index (Phi) is 7.77. The molecule has 1 atom stereocenters. The number of sulfonamides is 2. The van der Waals surface area contributed by atoms with Crippen molar-refractivity contribution in [1.29, 1.82) is 0 Å². The predicted octanol–water partition coefficient (Wildman–Crippen LogP) is 4.59. The van der Waals surface area contributed by atoms with Gasteiger partial charge in [-0.2, -0.15) is 0 Å². The number of halogens is 2. The van der Waals surface area contributed by atoms with Crippen LogP contribution in [-0.2, 0) is 24.8 Å². The fourth-order valence-corrected chi connectivity index (χ4v) is 5.73. The molecule has 1 amide bonds. The summed E-state index contributed by atoms with van der Waals surface area (Å²) in [5.41, 5.74) is 0.804. The molecule has 34 heavy (non-hydrogen) atoms. The van der Waals surface area contributed by atoms with Crippen molar-refractivity contribution in [1.82, 2.24) is 0 Å². The second-order valence-corrected chi connectivity index (χ2v) is 11.7. The van der Waals surface area contributed by atoms with Gasteiger partial charge in [-0.25, -0.2) is 16.8 Å². The van der Waals surface area contributed by atoms with Crippen LogP contribution in [0.2, 0.25) is 10.0 Å². The number of benzene rings is 3. The Labute approximate surface area is 208 Å². The van der Waals surface area contributed by atoms with Crippen molar-refractivity contribution in [3.63, 3.8) is 0 Å². The molecule has 2 N–H and O–H groups in total. The molecule has 3 aromatic rings. The van der Waals surface area contributed by atoms with Crippen LogP contribution < -0.4 is 14.3 Å². The van der Waals surface area contributed by atoms with E-state index in [2.05, 4.69) is 10.0 Å². The lowest BCUT2D eigenvalue weighted by molar-refractivity contribution is -0.116. The number of hydrogen-bond donors (Lipinski definition) is 2. The summed E-state index contributed by atoms with van der Waals surface area (Å²) in [6, 6.07) is 16.8. The minimum absolute atomic E-state index is 0.0441. The van der Waals surface area contributed by atoms with Gasteiger partial charge in [0.05, 0.1) is 27.5 Å². The quantitative estimate of drug-likeness (QED) is 0.433. The highest BCUT2D eigenvalue weighted by Gasteiger charge is 2.29. The van der Waals surface area contributed by atoms with Crippen molar-refractivity contribution >= 4 is 66.2 Å². The molecule has 180 valence electrons. The third-order valence-electron chi connectivity index (χ3n) is 4.72. The van der Waals surface area contributed by atoms with Gasteiger partial charge >= 0.3 is 0 Å². The van der Waals surface area contributed by atoms with Crippen LogP contribution in [0.5, 0.6) is 0 Å². The van der Waals surface area contributed by atoms with Gasteiger partial charge in [0.15, 0.2) is 0 Å². The molecule has 0 fully saturated rings. The second-order valence-electron chi connectivity index (χ2n) is 7.31. The highest BCUT2D eigenvalue weighted by Crippen LogP contribution is 2.26. The number of carbonyl (C=O) groups excluding carboxylic acids is 1. The van der Waals surface area contributed by atoms with Gasteiger partial charge in [0.2, 0.25) is 15.9 Å². The van der Waals surface area contributed by atoms with Crippen LogP contribution in [0, 0.1) is 0 Å². The van der Waals surface area contributed by atoms with Gasteiger partial charge in [-0.1, -0.05) is 35.3 Å². The minimum Gasteiger partial charge on any atom is -0.324 e. The Morgan fingerprint density at radius 1 is 0.882 bits per heavy atom. The number of rotatable bonds is 8. The molecule has 12 heteroatoms. The number of nitrogens with zero attached hydrogens (tertiary/aromatic N) is 1. The maximum Gasteiger partial charge on any atom is 0.261 e. The summed E-state index contributed by atoms with van der Waals surface area (Å²) in [7, 11) is -7.71. The Morgan fingerprint density at radius 2 is 1.47 bits per heavy atom. The van der Waals surface area contributed by atoms with Crippen molar-refractivity contribution < 1.29 is 21.6 Å². The van der Waals surface area contributed by atoms with Gasteiger partial charge < -0.3 is 5.32 Å². The first-order valence-corrected chi connectivity index (χ1v) is 13.9. The van der Waals surface area contributed by atoms with Crippen LogP contribution >= 0.6 is 23.2 Å². The third-order valence-corrected chi connectivity index (χ3v) is 7.92. The third kappa shape index (κ3) is 6.20. The fourth-order valence-electron chi connectivity index (χ4n) is 3.11. The highest BCUT2D eigenvalue weighted by atomic mass is 35.5. The maximum absolute atomic E-state index is 12.8. The van der Waals surface area contributed by atoms with Crippen molar-refractivity contribution in [3.05, 3.63) is 82.8 Å². The topological polar surface area (TPSA) is 113 Å². The SMILES string of the molecule is C[C@@H](C(=O)Nc1ccc(S(=O)(=O)Nc2ccccc2Cl)cc1)N(c1ccc(Cl)cc1)S(C)(=O)=O. The number of anilines is 3. The monoisotopic (exact) mass is 541 g/mol. The lowest BCUT2D eigenvalue weighted by Crippen LogP contribution is -2.45. The molecule has 3 rings (SSSR count). The van der Waals surface area contributed by atoms with E-state index < -0.39 is 32.0 Å². The summed E-state index contributed by atoms with van der Waals surface area (Å²) in [5, 5.41) is 3.28. The molecule has 0 aliphatic rings. The summed E-state index contributed by atoms with van der Waals surface area (Å²) in [6.07, 6.45) is 0.997. The van der Waals surface area contributed by atoms with Crippen LogP contribution in [0.4, 0.5) is 17.1 Å². The Bertz CT molecular complexity index is 1400. The molecule has 0 aliphatic carbocycles. The zero-order valence-corrected chi connectivity index (χ0v) is 21.2. The standard InChI is InChI=1S/C22H21Cl2N3O5S2/c1-15(27(33(2,29)30)18-11-7-16(23)8-12-18)22(28)25-17-9-13-19(14-10-17)34(31,32)26-21-6-4-3-5-20(21)24/h3-15,26H,1-2H3,(H,25,28)/t15-/m0/s1. The van der Waals surface area contributed by atoms with Crippen LogP contribution in [0.25, 0.3) is 0 Å². The molecule has 0 unspecified atom stereocenters. The Balaban J connectivity index is 1.77. The summed E-state index contributed by atoms with van der Waals surface area (Å²) < 4.78 is 53.4. The average molecular weight is 542 g/mol. The van der Waals surface area contributed by atoms with Gasteiger partial charge in [0.1, 0.15) is 6.04 Å². The molecule has 0 bridgehead atoms. The summed E-state index contributed by atoms with van der Waals surface area (Å²) in [4.78, 5) is 12.8. The van der Waals surface area contributed by atoms with Crippen LogP contribution in [-0.4, -0.2) is 35.0 Å². The van der Waals surface area contributed by atoms with Crippen molar-refractivity contribution in [2.45, 2.75) is 17.9 Å². The highest BCUT2D eigenvalue weighted by molar-refractivity contribution is 7.92. The number of para-hydroxylation sites is 1. The van der Waals surface area contributed by atoms with E-state index >= 15 is 0 Å². The average Bonchev–Trinajstić information content (AvgIpc) is 2.76. The van der Waals surface area contributed by atoms with E-state index in [1.807, 2.05) is 0 Å². The first kappa shape index (κ1) is 25.8. The number of hydrogen-bond acceptors (Lipinski definition) is 5. The zero-order valence-electron chi connectivity index (χ0n) is 18.1. The van der Waals surface area contributed by atoms with E-state index in [0.29, 0.717) is 5.02 Å². The minimum atomic E-state index is -3.92. The van der Waals surface area contributed by atoms with Gasteiger partial charge in [0, 0.05) is 10.7 Å². The first-order chi connectivity index (χ1) is 15.9. The molecule has 0 aliphatic heterocycles. The Morgan fingerprint density at radius 3 is 2.03 bits per heavy atom. The molecular weight excluding hydrogens is 521 g/mol. The van der Waals surface area contributed by atoms with E-state index in [1.54, 1.807) is 18.2 Å². The molecule has 0 spiro atoms. The molecule has 3 aromatic carbocycles. The largest absolute Gasteiger partial charge is 0.324 e. The smallest absolute Gasteiger partial charge is 0.261 e. The molecular formula is C22H21Cl2N3O5S2. The van der Waals surface area contributed by atoms with Gasteiger partial charge in [-0.15, -0.1) is 0 Å².